The lowest BCUT2D eigenvalue weighted by Crippen LogP contribution is -2.57. The summed E-state index contributed by atoms with van der Waals surface area (Å²) in [5.41, 5.74) is 7.88. The van der Waals surface area contributed by atoms with Crippen molar-refractivity contribution < 1.29 is 33.4 Å². The molecule has 382 valence electrons. The van der Waals surface area contributed by atoms with Crippen molar-refractivity contribution in [3.63, 3.8) is 0 Å². The maximum absolute atomic E-state index is 15.2. The number of β-amino-alcohol motifs (C(OH)–C–C–N with tert-alkyl or cyclic N) is 1. The number of carbonyl (C=O) groups excluding carboxylic acids is 4. The Labute approximate surface area is 437 Å². The van der Waals surface area contributed by atoms with Gasteiger partial charge in [0.25, 0.3) is 0 Å². The van der Waals surface area contributed by atoms with E-state index in [0.717, 1.165) is 54.0 Å². The zero-order chi connectivity index (χ0) is 52.5. The highest BCUT2D eigenvalue weighted by molar-refractivity contribution is 7.15. The van der Waals surface area contributed by atoms with Crippen LogP contribution < -0.4 is 20.7 Å². The maximum atomic E-state index is 15.2. The summed E-state index contributed by atoms with van der Waals surface area (Å²) in [4.78, 5) is 68.2. The first kappa shape index (κ1) is 52.7. The molecule has 0 unspecified atom stereocenters. The second-order valence-corrected chi connectivity index (χ2v) is 22.2. The first-order valence-electron chi connectivity index (χ1n) is 24.0. The van der Waals surface area contributed by atoms with E-state index in [1.807, 2.05) is 73.9 Å². The van der Waals surface area contributed by atoms with Crippen molar-refractivity contribution in [2.24, 2.45) is 10.4 Å². The van der Waals surface area contributed by atoms with Gasteiger partial charge in [-0.15, -0.1) is 32.9 Å². The van der Waals surface area contributed by atoms with Gasteiger partial charge in [0.1, 0.15) is 35.1 Å². The van der Waals surface area contributed by atoms with Crippen LogP contribution in [0.15, 0.2) is 83.3 Å². The van der Waals surface area contributed by atoms with E-state index in [1.54, 1.807) is 55.9 Å². The molecule has 3 aromatic carbocycles. The molecule has 0 radical (unpaired) electrons. The number of aliphatic hydroxyl groups excluding tert-OH is 1. The van der Waals surface area contributed by atoms with Gasteiger partial charge in [-0.2, -0.15) is 0 Å². The van der Waals surface area contributed by atoms with Gasteiger partial charge in [-0.3, -0.25) is 28.7 Å². The number of aliphatic hydroxyl groups is 1. The van der Waals surface area contributed by atoms with Crippen LogP contribution >= 0.6 is 34.3 Å². The first-order valence-corrected chi connectivity index (χ1v) is 26.1. The number of nitrogens with one attached hydrogen (secondary N) is 3. The lowest BCUT2D eigenvalue weighted by molar-refractivity contribution is -0.143. The molecule has 0 aliphatic carbocycles. The minimum absolute atomic E-state index is 0.0402. The van der Waals surface area contributed by atoms with E-state index in [1.165, 1.54) is 35.3 Å². The van der Waals surface area contributed by atoms with Gasteiger partial charge < -0.3 is 30.7 Å². The standard InChI is InChI=1S/C54H59ClFN9O6S2/c1-28(25-57-45(68)24-41-50-63-62-33(6)65(50)53-46(29(2)32(5)73-53)47(60-41)36-16-18-38(55)19-17-36)71-43-22-34(10-20-40(43)56)11-21-44(67)61-49(54(7,8)9)52(70)64-26-39(66)23-42(64)51(69)59-30(3)35-12-14-37(15-13-35)48-31(4)58-27-72-48/h10-22,27-28,30,39,41-42,49,66H,23-26H2,1-9H3,(H,57,68)(H,59,69)(H,61,67)/b21-11+/t28-,30+,39-,41+,42+,49-/m1/s1. The molecule has 4 amide bonds. The number of thiazole rings is 1. The Morgan fingerprint density at radius 1 is 0.973 bits per heavy atom. The minimum Gasteiger partial charge on any atom is -0.486 e. The summed E-state index contributed by atoms with van der Waals surface area (Å²) in [6.45, 7) is 16.9. The Bertz CT molecular complexity index is 3110. The second kappa shape index (κ2) is 21.9. The molecule has 1 fully saturated rings. The van der Waals surface area contributed by atoms with Crippen LogP contribution in [0.25, 0.3) is 21.5 Å². The van der Waals surface area contributed by atoms with Gasteiger partial charge in [0, 0.05) is 40.1 Å². The zero-order valence-corrected chi connectivity index (χ0v) is 44.5. The zero-order valence-electron chi connectivity index (χ0n) is 42.1. The smallest absolute Gasteiger partial charge is 0.246 e. The molecule has 0 bridgehead atoms. The molecule has 15 nitrogen and oxygen atoms in total. The number of amides is 4. The van der Waals surface area contributed by atoms with Gasteiger partial charge in [0.2, 0.25) is 23.6 Å². The van der Waals surface area contributed by atoms with Crippen LogP contribution in [0.5, 0.6) is 5.75 Å². The Morgan fingerprint density at radius 2 is 1.68 bits per heavy atom. The van der Waals surface area contributed by atoms with Gasteiger partial charge in [0.05, 0.1) is 46.9 Å². The number of aliphatic imine (C=N–C) groups is 1. The van der Waals surface area contributed by atoms with Gasteiger partial charge in [0.15, 0.2) is 17.4 Å². The monoisotopic (exact) mass is 1050 g/mol. The number of rotatable bonds is 15. The lowest BCUT2D eigenvalue weighted by Gasteiger charge is -2.35. The molecule has 2 aliphatic heterocycles. The number of benzene rings is 3. The van der Waals surface area contributed by atoms with Gasteiger partial charge >= 0.3 is 0 Å². The summed E-state index contributed by atoms with van der Waals surface area (Å²) in [6.07, 6.45) is 1.09. The van der Waals surface area contributed by atoms with Crippen LogP contribution in [-0.2, 0) is 19.2 Å². The van der Waals surface area contributed by atoms with Gasteiger partial charge in [-0.25, -0.2) is 9.37 Å². The fourth-order valence-electron chi connectivity index (χ4n) is 8.99. The molecule has 0 saturated carbocycles. The molecule has 5 heterocycles. The van der Waals surface area contributed by atoms with Crippen LogP contribution in [0.1, 0.15) is 110 Å². The van der Waals surface area contributed by atoms with E-state index in [0.29, 0.717) is 22.2 Å². The molecule has 19 heteroatoms. The molecule has 6 atom stereocenters. The number of hydrogen-bond donors (Lipinski definition) is 4. The predicted octanol–water partition coefficient (Wildman–Crippen LogP) is 8.73. The highest BCUT2D eigenvalue weighted by Gasteiger charge is 2.45. The van der Waals surface area contributed by atoms with Crippen molar-refractivity contribution in [1.29, 1.82) is 0 Å². The fraction of sp³-hybridized carbons (Fsp3) is 0.370. The third-order valence-electron chi connectivity index (χ3n) is 13.1. The lowest BCUT2D eigenvalue weighted by atomic mass is 9.85. The normalized spacial score (nSPS) is 17.8. The van der Waals surface area contributed by atoms with Crippen molar-refractivity contribution >= 4 is 69.7 Å². The minimum atomic E-state index is -1.07. The van der Waals surface area contributed by atoms with Crippen LogP contribution in [0, 0.1) is 38.9 Å². The molecule has 3 aromatic heterocycles. The van der Waals surface area contributed by atoms with Crippen molar-refractivity contribution in [3.8, 4) is 21.2 Å². The Balaban J connectivity index is 0.882. The van der Waals surface area contributed by atoms with E-state index in [4.69, 9.17) is 21.3 Å². The summed E-state index contributed by atoms with van der Waals surface area (Å²) >= 11 is 9.43. The summed E-state index contributed by atoms with van der Waals surface area (Å²) in [6, 6.07) is 16.3. The Kier molecular flexibility index (Phi) is 15.8. The Hall–Kier alpha value is -6.60. The summed E-state index contributed by atoms with van der Waals surface area (Å²) in [5.74, 6) is -1.38. The number of aryl methyl sites for hydroxylation is 3. The number of fused-ring (bicyclic) bond motifs is 3. The number of nitrogens with zero attached hydrogens (tertiary/aromatic N) is 6. The number of thiophene rings is 1. The Morgan fingerprint density at radius 3 is 2.37 bits per heavy atom. The van der Waals surface area contributed by atoms with Crippen molar-refractivity contribution in [2.45, 2.75) is 112 Å². The third-order valence-corrected chi connectivity index (χ3v) is 15.5. The fourth-order valence-corrected chi connectivity index (χ4v) is 11.1. The number of carbonyl (C=O) groups is 4. The van der Waals surface area contributed by atoms with E-state index >= 15 is 4.39 Å². The van der Waals surface area contributed by atoms with Crippen LogP contribution in [0.2, 0.25) is 5.02 Å². The maximum Gasteiger partial charge on any atom is 0.246 e. The number of ether oxygens (including phenoxy) is 1. The van der Waals surface area contributed by atoms with Crippen molar-refractivity contribution in [3.05, 3.63) is 139 Å². The first-order chi connectivity index (χ1) is 34.7. The number of halogens is 2. The molecule has 8 rings (SSSR count). The third kappa shape index (κ3) is 11.8. The molecular formula is C54H59ClFN9O6S2. The summed E-state index contributed by atoms with van der Waals surface area (Å²) < 4.78 is 23.1. The second-order valence-electron chi connectivity index (χ2n) is 19.7. The highest BCUT2D eigenvalue weighted by Crippen LogP contribution is 2.40. The van der Waals surface area contributed by atoms with E-state index in [2.05, 4.69) is 45.0 Å². The van der Waals surface area contributed by atoms with Gasteiger partial charge in [-0.05, 0) is 99.6 Å². The molecule has 2 aliphatic rings. The largest absolute Gasteiger partial charge is 0.486 e. The SMILES string of the molecule is Cc1ncsc1-c1ccc([C@H](C)NC(=O)[C@@H]2C[C@@H](O)CN2C(=O)[C@@H](NC(=O)/C=C/c2ccc(F)c(O[C@H](C)CNC(=O)C[C@@H]3N=C(c4ccc(Cl)cc4)c4c(sc(C)c4C)-n4c(C)nnc43)c2)C(C)(C)C)cc1. The number of aromatic nitrogens is 4. The molecule has 4 N–H and O–H groups in total. The van der Waals surface area contributed by atoms with Crippen LogP contribution in [-0.4, -0.2) is 96.5 Å². The average Bonchev–Trinajstić information content (AvgIpc) is 4.12. The molecular weight excluding hydrogens is 989 g/mol. The van der Waals surface area contributed by atoms with Crippen LogP contribution in [0.4, 0.5) is 4.39 Å². The van der Waals surface area contributed by atoms with E-state index in [-0.39, 0.29) is 37.6 Å². The topological polar surface area (TPSA) is 193 Å². The van der Waals surface area contributed by atoms with Gasteiger partial charge in [-0.1, -0.05) is 74.8 Å². The van der Waals surface area contributed by atoms with Crippen molar-refractivity contribution in [1.82, 2.24) is 40.6 Å². The molecule has 0 spiro atoms. The number of hydrogen-bond acceptors (Lipinski definition) is 12. The van der Waals surface area contributed by atoms with E-state index < -0.39 is 65.3 Å². The predicted molar refractivity (Wildman–Crippen MR) is 283 cm³/mol. The highest BCUT2D eigenvalue weighted by atomic mass is 35.5. The quantitative estimate of drug-likeness (QED) is 0.0728. The summed E-state index contributed by atoms with van der Waals surface area (Å²) in [7, 11) is 0. The van der Waals surface area contributed by atoms with Crippen molar-refractivity contribution in [2.75, 3.05) is 13.1 Å². The average molecular weight is 1050 g/mol. The summed E-state index contributed by atoms with van der Waals surface area (Å²) in [5, 5.41) is 29.8. The number of likely N-dealkylation sites (tertiary alicyclic amines) is 1. The molecule has 6 aromatic rings. The van der Waals surface area contributed by atoms with Crippen LogP contribution in [0.3, 0.4) is 0 Å². The molecule has 1 saturated heterocycles. The van der Waals surface area contributed by atoms with E-state index in [9.17, 15) is 24.3 Å². The molecule has 73 heavy (non-hydrogen) atoms.